The molecular formula is C45H63N3O11. The fraction of sp³-hybridized carbons (Fsp3) is 0.644. The maximum Gasteiger partial charge on any atom is 0.408 e. The first kappa shape index (κ1) is 45.8. The highest BCUT2D eigenvalue weighted by atomic mass is 16.7. The minimum Gasteiger partial charge on any atom is -0.458 e. The minimum absolute atomic E-state index is 0.0391. The maximum atomic E-state index is 14.6. The van der Waals surface area contributed by atoms with Gasteiger partial charge in [0, 0.05) is 35.8 Å². The van der Waals surface area contributed by atoms with E-state index < -0.39 is 89.3 Å². The zero-order valence-electron chi connectivity index (χ0n) is 36.4. The number of amides is 1. The van der Waals surface area contributed by atoms with Gasteiger partial charge in [-0.2, -0.15) is 0 Å². The van der Waals surface area contributed by atoms with Crippen LogP contribution in [0.25, 0.3) is 17.0 Å². The molecule has 13 atom stereocenters. The first-order valence-electron chi connectivity index (χ1n) is 20.9. The lowest BCUT2D eigenvalue weighted by Gasteiger charge is -2.48. The second kappa shape index (κ2) is 19.0. The van der Waals surface area contributed by atoms with Crippen LogP contribution in [-0.2, 0) is 47.6 Å². The standard InChI is InChI=1S/C45H63N3O11/c1-12-34-45(9)39(47-43(53)59-45)27(5)36(50)25(3)23-44(8,54-20-16-17-30-22-31-18-14-15-19-32(31)46-24-30)40(28(6)37(51)29(7)41(52)56-34)58-42-38(57-35(49)13-2)33(48(10)11)21-26(4)55-42/h14-19,22,24-29,33-34,38-40,42H,12-13,20-21,23H2,1-11H3,(H,47,53)/b17-16+/t25-,26-,27+,28+,29-,33+,34-,38-,39-,40-,42+,44+,45-/m1/s1. The van der Waals surface area contributed by atoms with E-state index in [9.17, 15) is 24.0 Å². The first-order valence-corrected chi connectivity index (χ1v) is 20.9. The lowest BCUT2D eigenvalue weighted by molar-refractivity contribution is -0.299. The monoisotopic (exact) mass is 821 g/mol. The minimum atomic E-state index is -1.40. The smallest absolute Gasteiger partial charge is 0.408 e. The summed E-state index contributed by atoms with van der Waals surface area (Å²) in [7, 11) is 3.78. The van der Waals surface area contributed by atoms with Crippen molar-refractivity contribution in [2.45, 2.75) is 142 Å². The second-order valence-electron chi connectivity index (χ2n) is 17.2. The molecule has 14 heteroatoms. The number of nitrogens with zero attached hydrogens (tertiary/aromatic N) is 2. The zero-order valence-corrected chi connectivity index (χ0v) is 36.4. The van der Waals surface area contributed by atoms with E-state index in [1.807, 2.05) is 68.4 Å². The Labute approximate surface area is 348 Å². The number of hydrogen-bond acceptors (Lipinski definition) is 13. The molecule has 3 fully saturated rings. The lowest BCUT2D eigenvalue weighted by Crippen LogP contribution is -2.61. The van der Waals surface area contributed by atoms with E-state index in [1.165, 1.54) is 6.92 Å². The van der Waals surface area contributed by atoms with Gasteiger partial charge in [-0.25, -0.2) is 4.79 Å². The number of Topliss-reactive ketones (excluding diaryl/α,β-unsaturated/α-hetero) is 2. The molecule has 1 aromatic heterocycles. The molecular weight excluding hydrogens is 759 g/mol. The third kappa shape index (κ3) is 10.0. The Kier molecular flexibility index (Phi) is 14.8. The average molecular weight is 822 g/mol. The van der Waals surface area contributed by atoms with Crippen molar-refractivity contribution in [2.75, 3.05) is 20.7 Å². The number of pyridine rings is 1. The average Bonchev–Trinajstić information content (AvgIpc) is 3.52. The molecule has 1 amide bonds. The van der Waals surface area contributed by atoms with E-state index in [1.54, 1.807) is 54.7 Å². The summed E-state index contributed by atoms with van der Waals surface area (Å²) in [5.74, 6) is -5.72. The molecule has 3 aliphatic rings. The zero-order chi connectivity index (χ0) is 43.4. The molecule has 59 heavy (non-hydrogen) atoms. The molecule has 0 spiro atoms. The van der Waals surface area contributed by atoms with Gasteiger partial charge in [0.15, 0.2) is 23.8 Å². The number of alkyl carbamates (subject to hydrolysis) is 1. The van der Waals surface area contributed by atoms with Gasteiger partial charge in [0.05, 0.1) is 42.0 Å². The van der Waals surface area contributed by atoms with Gasteiger partial charge in [0.2, 0.25) is 0 Å². The van der Waals surface area contributed by atoms with Crippen molar-refractivity contribution in [1.82, 2.24) is 15.2 Å². The van der Waals surface area contributed by atoms with E-state index in [0.29, 0.717) is 6.42 Å². The summed E-state index contributed by atoms with van der Waals surface area (Å²) in [6.45, 7) is 15.5. The number of ether oxygens (including phenoxy) is 6. The number of benzene rings is 1. The van der Waals surface area contributed by atoms with Crippen molar-refractivity contribution in [3.8, 4) is 0 Å². The van der Waals surface area contributed by atoms with Crippen LogP contribution >= 0.6 is 0 Å². The summed E-state index contributed by atoms with van der Waals surface area (Å²) in [6.07, 6.45) is 1.28. The molecule has 0 bridgehead atoms. The Morgan fingerprint density at radius 1 is 1.02 bits per heavy atom. The first-order chi connectivity index (χ1) is 27.8. The van der Waals surface area contributed by atoms with E-state index in [0.717, 1.165) is 16.5 Å². The van der Waals surface area contributed by atoms with Crippen LogP contribution in [0.4, 0.5) is 4.79 Å². The normalized spacial score (nSPS) is 36.2. The fourth-order valence-corrected chi connectivity index (χ4v) is 9.07. The molecule has 14 nitrogen and oxygen atoms in total. The number of carbonyl (C=O) groups is 5. The number of carbonyl (C=O) groups excluding carboxylic acids is 5. The molecule has 4 heterocycles. The fourth-order valence-electron chi connectivity index (χ4n) is 9.07. The number of hydrogen-bond donors (Lipinski definition) is 1. The van der Waals surface area contributed by atoms with Gasteiger partial charge >= 0.3 is 18.0 Å². The van der Waals surface area contributed by atoms with Gasteiger partial charge < -0.3 is 38.6 Å². The Morgan fingerprint density at radius 3 is 2.41 bits per heavy atom. The van der Waals surface area contributed by atoms with Gasteiger partial charge in [-0.05, 0) is 78.7 Å². The predicted octanol–water partition coefficient (Wildman–Crippen LogP) is 6.07. The van der Waals surface area contributed by atoms with Gasteiger partial charge in [0.1, 0.15) is 17.8 Å². The molecule has 3 saturated heterocycles. The van der Waals surface area contributed by atoms with Crippen LogP contribution in [0.15, 0.2) is 42.6 Å². The topological polar surface area (TPSA) is 169 Å². The van der Waals surface area contributed by atoms with Crippen LogP contribution in [0, 0.1) is 23.7 Å². The quantitative estimate of drug-likeness (QED) is 0.167. The highest BCUT2D eigenvalue weighted by molar-refractivity contribution is 6.00. The second-order valence-corrected chi connectivity index (χ2v) is 17.2. The number of rotatable bonds is 10. The molecule has 0 aliphatic carbocycles. The SMILES string of the molecule is CCC(=O)O[C@H]1[C@H](O[C@@H]2[C@@H](C)C(=O)[C@@H](C)C(=O)O[C@H](CC)[C@@]3(C)OC(=O)N[C@@H]3[C@@H](C)C(=O)[C@H](C)C[C@]2(C)OC/C=C/c2cnc3ccccc3c2)O[C@H](C)C[C@@H]1N(C)C. The van der Waals surface area contributed by atoms with Crippen LogP contribution < -0.4 is 5.32 Å². The summed E-state index contributed by atoms with van der Waals surface area (Å²) in [4.78, 5) is 75.3. The number of fused-ring (bicyclic) bond motifs is 2. The number of para-hydroxylation sites is 1. The Morgan fingerprint density at radius 2 is 1.73 bits per heavy atom. The number of esters is 2. The number of aromatic nitrogens is 1. The van der Waals surface area contributed by atoms with Crippen LogP contribution in [0.2, 0.25) is 0 Å². The molecule has 0 unspecified atom stereocenters. The number of cyclic esters (lactones) is 1. The van der Waals surface area contributed by atoms with Gasteiger partial charge in [-0.15, -0.1) is 0 Å². The third-order valence-electron chi connectivity index (χ3n) is 12.4. The van der Waals surface area contributed by atoms with Gasteiger partial charge in [0.25, 0.3) is 0 Å². The van der Waals surface area contributed by atoms with Crippen LogP contribution in [0.5, 0.6) is 0 Å². The predicted molar refractivity (Wildman–Crippen MR) is 220 cm³/mol. The summed E-state index contributed by atoms with van der Waals surface area (Å²) < 4.78 is 38.0. The molecule has 3 aliphatic heterocycles. The Hall–Kier alpha value is -4.24. The van der Waals surface area contributed by atoms with Crippen LogP contribution in [0.3, 0.4) is 0 Å². The van der Waals surface area contributed by atoms with E-state index >= 15 is 0 Å². The van der Waals surface area contributed by atoms with Gasteiger partial charge in [-0.1, -0.05) is 65.0 Å². The van der Waals surface area contributed by atoms with Crippen molar-refractivity contribution in [1.29, 1.82) is 0 Å². The van der Waals surface area contributed by atoms with Crippen molar-refractivity contribution < 1.29 is 52.4 Å². The van der Waals surface area contributed by atoms with Crippen molar-refractivity contribution >= 4 is 46.6 Å². The highest BCUT2D eigenvalue weighted by Crippen LogP contribution is 2.41. The summed E-state index contributed by atoms with van der Waals surface area (Å²) in [6, 6.07) is 8.67. The van der Waals surface area contributed by atoms with Crippen molar-refractivity contribution in [3.63, 3.8) is 0 Å². The molecule has 0 radical (unpaired) electrons. The molecule has 0 saturated carbocycles. The van der Waals surface area contributed by atoms with Gasteiger partial charge in [-0.3, -0.25) is 24.2 Å². The van der Waals surface area contributed by atoms with E-state index in [-0.39, 0.29) is 43.8 Å². The molecule has 1 aromatic carbocycles. The lowest BCUT2D eigenvalue weighted by atomic mass is 9.73. The number of likely N-dealkylation sites (N-methyl/N-ethyl adjacent to an activating group) is 1. The summed E-state index contributed by atoms with van der Waals surface area (Å²) in [5.41, 5.74) is -1.08. The number of nitrogens with one attached hydrogen (secondary N) is 1. The molecule has 5 rings (SSSR count). The summed E-state index contributed by atoms with van der Waals surface area (Å²) >= 11 is 0. The molecule has 1 N–H and O–H groups in total. The molecule has 2 aromatic rings. The Bertz CT molecular complexity index is 1890. The van der Waals surface area contributed by atoms with Crippen LogP contribution in [-0.4, -0.2) is 114 Å². The highest BCUT2D eigenvalue weighted by Gasteiger charge is 2.57. The van der Waals surface area contributed by atoms with E-state index in [2.05, 4.69) is 10.3 Å². The molecule has 324 valence electrons. The third-order valence-corrected chi connectivity index (χ3v) is 12.4. The maximum absolute atomic E-state index is 14.6. The van der Waals surface area contributed by atoms with E-state index in [4.69, 9.17) is 28.4 Å². The largest absolute Gasteiger partial charge is 0.458 e. The van der Waals surface area contributed by atoms with Crippen molar-refractivity contribution in [3.05, 3.63) is 48.2 Å². The Balaban J connectivity index is 1.60. The van der Waals surface area contributed by atoms with Crippen molar-refractivity contribution in [2.24, 2.45) is 23.7 Å². The number of ketones is 2. The van der Waals surface area contributed by atoms with Crippen LogP contribution in [0.1, 0.15) is 93.6 Å². The summed E-state index contributed by atoms with van der Waals surface area (Å²) in [5, 5.41) is 3.78.